The van der Waals surface area contributed by atoms with Crippen molar-refractivity contribution >= 4 is 35.1 Å². The largest absolute Gasteiger partial charge is 0.436 e. The van der Waals surface area contributed by atoms with Gasteiger partial charge in [0.25, 0.3) is 0 Å². The summed E-state index contributed by atoms with van der Waals surface area (Å²) in [4.78, 5) is 32.5. The number of pyridine rings is 1. The van der Waals surface area contributed by atoms with E-state index in [1.807, 2.05) is 18.2 Å². The summed E-state index contributed by atoms with van der Waals surface area (Å²) >= 11 is 12.7. The maximum absolute atomic E-state index is 11.3. The van der Waals surface area contributed by atoms with Gasteiger partial charge in [-0.3, -0.25) is 14.6 Å². The van der Waals surface area contributed by atoms with Crippen molar-refractivity contribution in [2.24, 2.45) is 5.92 Å². The van der Waals surface area contributed by atoms with Crippen LogP contribution in [0.5, 0.6) is 11.6 Å². The van der Waals surface area contributed by atoms with Gasteiger partial charge >= 0.3 is 0 Å². The number of piperazine rings is 1. The Labute approximate surface area is 264 Å². The maximum Gasteiger partial charge on any atom is 0.225 e. The van der Waals surface area contributed by atoms with Gasteiger partial charge in [0.15, 0.2) is 5.75 Å². The first-order valence-corrected chi connectivity index (χ1v) is 15.9. The van der Waals surface area contributed by atoms with Crippen molar-refractivity contribution in [3.05, 3.63) is 58.3 Å². The molecule has 0 radical (unpaired) electrons. The Hall–Kier alpha value is -2.98. The number of anilines is 1. The number of halogens is 2. The molecule has 4 heterocycles. The molecule has 1 unspecified atom stereocenters. The van der Waals surface area contributed by atoms with E-state index < -0.39 is 0 Å². The lowest BCUT2D eigenvalue weighted by molar-refractivity contribution is -0.119. The minimum atomic E-state index is 0.0281. The molecule has 0 saturated carbocycles. The number of carbonyl (C=O) groups is 1. The Morgan fingerprint density at radius 1 is 1.00 bits per heavy atom. The van der Waals surface area contributed by atoms with Crippen molar-refractivity contribution in [2.45, 2.75) is 52.6 Å². The summed E-state index contributed by atoms with van der Waals surface area (Å²) < 4.78 is 6.22. The van der Waals surface area contributed by atoms with Gasteiger partial charge in [0.1, 0.15) is 0 Å². The molecule has 43 heavy (non-hydrogen) atoms. The van der Waals surface area contributed by atoms with Crippen LogP contribution in [0.2, 0.25) is 10.0 Å². The molecule has 2 aromatic heterocycles. The van der Waals surface area contributed by atoms with Gasteiger partial charge in [-0.25, -0.2) is 15.0 Å². The van der Waals surface area contributed by atoms with Crippen LogP contribution >= 0.6 is 23.2 Å². The highest BCUT2D eigenvalue weighted by molar-refractivity contribution is 6.35. The Morgan fingerprint density at radius 3 is 2.30 bits per heavy atom. The van der Waals surface area contributed by atoms with E-state index in [2.05, 4.69) is 49.9 Å². The topological polar surface area (TPSA) is 86.7 Å². The molecule has 2 saturated heterocycles. The fraction of sp³-hybridized carbons (Fsp3) is 0.500. The molecule has 1 atom stereocenters. The number of likely N-dealkylation sites (tertiary alicyclic amines) is 1. The number of aromatic nitrogens is 3. The first-order chi connectivity index (χ1) is 20.7. The average Bonchev–Trinajstić information content (AvgIpc) is 3.00. The lowest BCUT2D eigenvalue weighted by Crippen LogP contribution is -2.49. The third kappa shape index (κ3) is 8.79. The van der Waals surface area contributed by atoms with Crippen molar-refractivity contribution in [1.29, 1.82) is 0 Å². The zero-order valence-electron chi connectivity index (χ0n) is 25.2. The zero-order valence-corrected chi connectivity index (χ0v) is 26.7. The van der Waals surface area contributed by atoms with Gasteiger partial charge in [0.05, 0.1) is 18.1 Å². The van der Waals surface area contributed by atoms with E-state index in [9.17, 15) is 4.79 Å². The van der Waals surface area contributed by atoms with Gasteiger partial charge in [-0.2, -0.15) is 0 Å². The van der Waals surface area contributed by atoms with Crippen LogP contribution in [0.4, 0.5) is 5.95 Å². The van der Waals surface area contributed by atoms with E-state index in [0.29, 0.717) is 39.6 Å². The van der Waals surface area contributed by atoms with Gasteiger partial charge in [-0.05, 0) is 75.0 Å². The maximum atomic E-state index is 11.3. The zero-order chi connectivity index (χ0) is 30.3. The standard InChI is InChI=1S/C32H41Cl2N7O2/c1-4-22(2)40-9-11-41(12-10-40)32-36-19-29(20-37-32)43-31-14-25(13-30(38-31)26-15-27(33)17-28(34)16-26)21-39-7-5-24(6-8-39)18-35-23(3)42/h13-17,19-20,22,24H,4-12,18,21H2,1-3H3,(H,35,42). The number of rotatable bonds is 10. The van der Waals surface area contributed by atoms with Crippen molar-refractivity contribution in [2.75, 3.05) is 50.7 Å². The summed E-state index contributed by atoms with van der Waals surface area (Å²) in [6.07, 6.45) is 6.67. The Bertz CT molecular complexity index is 1350. The quantitative estimate of drug-likeness (QED) is 0.298. The second kappa shape index (κ2) is 14.7. The molecule has 3 aromatic rings. The van der Waals surface area contributed by atoms with E-state index in [1.54, 1.807) is 25.4 Å². The summed E-state index contributed by atoms with van der Waals surface area (Å²) in [5.74, 6) is 2.24. The van der Waals surface area contributed by atoms with Crippen LogP contribution in [0.1, 0.15) is 45.6 Å². The third-order valence-electron chi connectivity index (χ3n) is 8.42. The van der Waals surface area contributed by atoms with Crippen LogP contribution < -0.4 is 15.0 Å². The smallest absolute Gasteiger partial charge is 0.225 e. The highest BCUT2D eigenvalue weighted by atomic mass is 35.5. The van der Waals surface area contributed by atoms with Crippen molar-refractivity contribution in [3.63, 3.8) is 0 Å². The molecule has 230 valence electrons. The summed E-state index contributed by atoms with van der Waals surface area (Å²) in [6, 6.07) is 10.1. The van der Waals surface area contributed by atoms with Crippen LogP contribution in [0.3, 0.4) is 0 Å². The molecule has 0 bridgehead atoms. The minimum absolute atomic E-state index is 0.0281. The molecule has 1 N–H and O–H groups in total. The summed E-state index contributed by atoms with van der Waals surface area (Å²) in [5, 5.41) is 4.05. The number of benzene rings is 1. The van der Waals surface area contributed by atoms with E-state index in [4.69, 9.17) is 32.9 Å². The highest BCUT2D eigenvalue weighted by Crippen LogP contribution is 2.31. The van der Waals surface area contributed by atoms with Crippen LogP contribution in [0, 0.1) is 5.92 Å². The lowest BCUT2D eigenvalue weighted by Gasteiger charge is -2.37. The molecule has 11 heteroatoms. The molecular formula is C32H41Cl2N7O2. The first kappa shape index (κ1) is 31.4. The van der Waals surface area contributed by atoms with Crippen molar-refractivity contribution in [3.8, 4) is 22.9 Å². The molecule has 0 aliphatic carbocycles. The highest BCUT2D eigenvalue weighted by Gasteiger charge is 2.23. The van der Waals surface area contributed by atoms with E-state index >= 15 is 0 Å². The molecule has 2 fully saturated rings. The summed E-state index contributed by atoms with van der Waals surface area (Å²) in [7, 11) is 0. The Kier molecular flexibility index (Phi) is 10.7. The van der Waals surface area contributed by atoms with E-state index in [-0.39, 0.29) is 5.91 Å². The number of carbonyl (C=O) groups excluding carboxylic acids is 1. The fourth-order valence-electron chi connectivity index (χ4n) is 5.71. The molecule has 1 aromatic carbocycles. The van der Waals surface area contributed by atoms with Gasteiger partial charge in [-0.1, -0.05) is 30.1 Å². The number of ether oxygens (including phenoxy) is 1. The normalized spacial score (nSPS) is 17.6. The third-order valence-corrected chi connectivity index (χ3v) is 8.86. The molecule has 2 aliphatic heterocycles. The van der Waals surface area contributed by atoms with E-state index in [1.165, 1.54) is 0 Å². The molecular weight excluding hydrogens is 585 g/mol. The Morgan fingerprint density at radius 2 is 1.67 bits per heavy atom. The first-order valence-electron chi connectivity index (χ1n) is 15.2. The van der Waals surface area contributed by atoms with Crippen LogP contribution in [-0.2, 0) is 11.3 Å². The fourth-order valence-corrected chi connectivity index (χ4v) is 6.24. The van der Waals surface area contributed by atoms with Crippen LogP contribution in [0.15, 0.2) is 42.7 Å². The van der Waals surface area contributed by atoms with Gasteiger partial charge in [0, 0.05) is 73.9 Å². The van der Waals surface area contributed by atoms with Gasteiger partial charge < -0.3 is 15.0 Å². The predicted octanol–water partition coefficient (Wildman–Crippen LogP) is 5.91. The molecule has 5 rings (SSSR count). The summed E-state index contributed by atoms with van der Waals surface area (Å²) in [5.41, 5.74) is 2.63. The number of amides is 1. The number of piperidine rings is 1. The van der Waals surface area contributed by atoms with Crippen molar-refractivity contribution in [1.82, 2.24) is 30.1 Å². The van der Waals surface area contributed by atoms with E-state index in [0.717, 1.165) is 88.4 Å². The Balaban J connectivity index is 1.29. The monoisotopic (exact) mass is 625 g/mol. The summed E-state index contributed by atoms with van der Waals surface area (Å²) in [6.45, 7) is 13.3. The number of nitrogens with one attached hydrogen (secondary N) is 1. The predicted molar refractivity (Wildman–Crippen MR) is 172 cm³/mol. The molecule has 1 amide bonds. The number of nitrogens with zero attached hydrogens (tertiary/aromatic N) is 6. The number of hydrogen-bond donors (Lipinski definition) is 1. The molecule has 0 spiro atoms. The SMILES string of the molecule is CCC(C)N1CCN(c2ncc(Oc3cc(CN4CCC(CNC(C)=O)CC4)cc(-c4cc(Cl)cc(Cl)c4)n3)cn2)CC1. The second-order valence-corrected chi connectivity index (χ2v) is 12.5. The lowest BCUT2D eigenvalue weighted by atomic mass is 9.96. The average molecular weight is 627 g/mol. The minimum Gasteiger partial charge on any atom is -0.436 e. The second-order valence-electron chi connectivity index (χ2n) is 11.6. The van der Waals surface area contributed by atoms with Crippen LogP contribution in [0.25, 0.3) is 11.3 Å². The van der Waals surface area contributed by atoms with Gasteiger partial charge in [0.2, 0.25) is 17.7 Å². The van der Waals surface area contributed by atoms with Crippen LogP contribution in [-0.4, -0.2) is 82.5 Å². The van der Waals surface area contributed by atoms with Gasteiger partial charge in [-0.15, -0.1) is 0 Å². The molecule has 9 nitrogen and oxygen atoms in total. The molecule has 2 aliphatic rings. The number of hydrogen-bond acceptors (Lipinski definition) is 8. The van der Waals surface area contributed by atoms with Crippen molar-refractivity contribution < 1.29 is 9.53 Å².